The molecular formula is C47H56N6O5. The van der Waals surface area contributed by atoms with Gasteiger partial charge in [-0.2, -0.15) is 0 Å². The Kier molecular flexibility index (Phi) is 12.6. The summed E-state index contributed by atoms with van der Waals surface area (Å²) in [5.74, 6) is -0.980. The first-order valence-electron chi connectivity index (χ1n) is 20.8. The molecule has 4 aromatic rings. The van der Waals surface area contributed by atoms with E-state index in [1.807, 2.05) is 51.1 Å². The van der Waals surface area contributed by atoms with Crippen LogP contribution in [0, 0.1) is 0 Å². The highest BCUT2D eigenvalue weighted by Gasteiger charge is 2.34. The molecule has 1 unspecified atom stereocenters. The van der Waals surface area contributed by atoms with Crippen LogP contribution < -0.4 is 15.5 Å². The first-order chi connectivity index (χ1) is 27.9. The van der Waals surface area contributed by atoms with E-state index in [0.29, 0.717) is 46.7 Å². The van der Waals surface area contributed by atoms with Gasteiger partial charge in [0.05, 0.1) is 17.4 Å². The first-order valence-corrected chi connectivity index (χ1v) is 20.8. The third-order valence-corrected chi connectivity index (χ3v) is 11.4. The Morgan fingerprint density at radius 2 is 1.59 bits per heavy atom. The van der Waals surface area contributed by atoms with Crippen molar-refractivity contribution in [2.45, 2.75) is 89.8 Å². The number of esters is 1. The van der Waals surface area contributed by atoms with Crippen LogP contribution in [0.5, 0.6) is 0 Å². The maximum Gasteiger partial charge on any atom is 0.323 e. The van der Waals surface area contributed by atoms with Crippen molar-refractivity contribution in [2.24, 2.45) is 0 Å². The molecule has 58 heavy (non-hydrogen) atoms. The summed E-state index contributed by atoms with van der Waals surface area (Å²) in [6.45, 7) is 9.21. The number of hydrogen-bond donors (Lipinski definition) is 2. The Bertz CT molecular complexity index is 2140. The second-order valence-electron chi connectivity index (χ2n) is 16.8. The number of amides is 3. The summed E-state index contributed by atoms with van der Waals surface area (Å²) in [5.41, 5.74) is 5.97. The zero-order chi connectivity index (χ0) is 40.8. The van der Waals surface area contributed by atoms with E-state index in [1.54, 1.807) is 54.5 Å². The number of aromatic nitrogens is 1. The van der Waals surface area contributed by atoms with E-state index >= 15 is 0 Å². The number of nitrogens with one attached hydrogen (secondary N) is 2. The Hall–Kier alpha value is -5.55. The fourth-order valence-corrected chi connectivity index (χ4v) is 8.39. The Labute approximate surface area is 342 Å². The number of carbonyl (C=O) groups excluding carboxylic acids is 4. The molecule has 3 aromatic carbocycles. The van der Waals surface area contributed by atoms with E-state index in [-0.39, 0.29) is 35.8 Å². The number of pyridine rings is 1. The van der Waals surface area contributed by atoms with Crippen LogP contribution >= 0.6 is 0 Å². The van der Waals surface area contributed by atoms with Crippen molar-refractivity contribution in [3.63, 3.8) is 0 Å². The fourth-order valence-electron chi connectivity index (χ4n) is 8.39. The van der Waals surface area contributed by atoms with Crippen LogP contribution in [-0.4, -0.2) is 89.9 Å². The predicted octanol–water partition coefficient (Wildman–Crippen LogP) is 7.68. The van der Waals surface area contributed by atoms with Crippen molar-refractivity contribution in [3.8, 4) is 11.3 Å². The second kappa shape index (κ2) is 17.9. The van der Waals surface area contributed by atoms with E-state index < -0.39 is 5.60 Å². The highest BCUT2D eigenvalue weighted by Crippen LogP contribution is 2.34. The predicted molar refractivity (Wildman–Crippen MR) is 227 cm³/mol. The lowest BCUT2D eigenvalue weighted by molar-refractivity contribution is -0.160. The molecule has 11 heteroatoms. The fraction of sp³-hybridized carbons (Fsp3) is 0.426. The molecule has 2 atom stereocenters. The SMILES string of the molecule is CN(CCN1CCCC1C(=O)OC(C)(C)C)C(=O)c1cccc(C(=O)Nc2ccc(N3CCCCC3)cc2-c2cc(C(=O)N[C@H]3CCCc4ccccc43)ccn2)c1. The van der Waals surface area contributed by atoms with Crippen LogP contribution in [0.4, 0.5) is 11.4 Å². The van der Waals surface area contributed by atoms with Crippen LogP contribution in [0.15, 0.2) is 85.1 Å². The van der Waals surface area contributed by atoms with Gasteiger partial charge in [-0.15, -0.1) is 0 Å². The molecule has 3 amide bonds. The van der Waals surface area contributed by atoms with Gasteiger partial charge in [0.15, 0.2) is 0 Å². The number of piperidine rings is 1. The maximum absolute atomic E-state index is 13.9. The average molecular weight is 785 g/mol. The summed E-state index contributed by atoms with van der Waals surface area (Å²) in [7, 11) is 1.74. The van der Waals surface area contributed by atoms with Gasteiger partial charge in [-0.1, -0.05) is 30.3 Å². The van der Waals surface area contributed by atoms with Gasteiger partial charge in [0.25, 0.3) is 17.7 Å². The van der Waals surface area contributed by atoms with Gasteiger partial charge >= 0.3 is 5.97 Å². The number of fused-ring (bicyclic) bond motifs is 1. The molecule has 0 radical (unpaired) electrons. The highest BCUT2D eigenvalue weighted by atomic mass is 16.6. The molecule has 0 spiro atoms. The van der Waals surface area contributed by atoms with Crippen LogP contribution in [0.25, 0.3) is 11.3 Å². The van der Waals surface area contributed by atoms with E-state index in [9.17, 15) is 19.2 Å². The minimum Gasteiger partial charge on any atom is -0.459 e. The Morgan fingerprint density at radius 3 is 2.40 bits per heavy atom. The number of aryl methyl sites for hydroxylation is 1. The zero-order valence-corrected chi connectivity index (χ0v) is 34.3. The topological polar surface area (TPSA) is 124 Å². The molecule has 0 saturated carbocycles. The van der Waals surface area contributed by atoms with Crippen molar-refractivity contribution >= 4 is 35.1 Å². The van der Waals surface area contributed by atoms with E-state index in [1.165, 1.54) is 17.5 Å². The number of benzene rings is 3. The van der Waals surface area contributed by atoms with E-state index in [2.05, 4.69) is 32.6 Å². The van der Waals surface area contributed by atoms with Crippen LogP contribution in [-0.2, 0) is 16.0 Å². The molecule has 2 aliphatic heterocycles. The summed E-state index contributed by atoms with van der Waals surface area (Å²) in [4.78, 5) is 64.9. The molecule has 0 bridgehead atoms. The molecule has 7 rings (SSSR count). The van der Waals surface area contributed by atoms with Crippen LogP contribution in [0.3, 0.4) is 0 Å². The Balaban J connectivity index is 1.07. The third kappa shape index (κ3) is 9.76. The summed E-state index contributed by atoms with van der Waals surface area (Å²) in [6, 6.07) is 24.1. The van der Waals surface area contributed by atoms with Crippen molar-refractivity contribution in [3.05, 3.63) is 113 Å². The molecule has 3 aliphatic rings. The first kappa shape index (κ1) is 40.6. The van der Waals surface area contributed by atoms with Crippen molar-refractivity contribution in [1.82, 2.24) is 20.1 Å². The van der Waals surface area contributed by atoms with E-state index in [0.717, 1.165) is 70.3 Å². The van der Waals surface area contributed by atoms with Crippen molar-refractivity contribution in [2.75, 3.05) is 50.0 Å². The highest BCUT2D eigenvalue weighted by molar-refractivity contribution is 6.08. The lowest BCUT2D eigenvalue weighted by Gasteiger charge is -2.29. The molecular weight excluding hydrogens is 729 g/mol. The number of hydrogen-bond acceptors (Lipinski definition) is 8. The number of rotatable bonds is 11. The van der Waals surface area contributed by atoms with Crippen molar-refractivity contribution in [1.29, 1.82) is 0 Å². The lowest BCUT2D eigenvalue weighted by atomic mass is 9.87. The number of likely N-dealkylation sites (tertiary alicyclic amines) is 1. The van der Waals surface area contributed by atoms with Gasteiger partial charge in [0.1, 0.15) is 11.6 Å². The Morgan fingerprint density at radius 1 is 0.810 bits per heavy atom. The summed E-state index contributed by atoms with van der Waals surface area (Å²) < 4.78 is 5.65. The quantitative estimate of drug-likeness (QED) is 0.149. The number of likely N-dealkylation sites (N-methyl/N-ethyl adjacent to an activating group) is 1. The van der Waals surface area contributed by atoms with Gasteiger partial charge < -0.3 is 25.2 Å². The van der Waals surface area contributed by atoms with Crippen molar-refractivity contribution < 1.29 is 23.9 Å². The molecule has 3 heterocycles. The molecule has 1 aromatic heterocycles. The number of carbonyl (C=O) groups is 4. The molecule has 2 fully saturated rings. The summed E-state index contributed by atoms with van der Waals surface area (Å²) in [6.07, 6.45) is 9.61. The molecule has 304 valence electrons. The number of ether oxygens (including phenoxy) is 1. The maximum atomic E-state index is 13.9. The van der Waals surface area contributed by atoms with Crippen LogP contribution in [0.1, 0.15) is 114 Å². The van der Waals surface area contributed by atoms with Gasteiger partial charge in [-0.05, 0) is 138 Å². The minimum absolute atomic E-state index is 0.0598. The van der Waals surface area contributed by atoms with Gasteiger partial charge in [0, 0.05) is 67.4 Å². The molecule has 1 aliphatic carbocycles. The normalized spacial score (nSPS) is 18.2. The second-order valence-corrected chi connectivity index (χ2v) is 16.8. The van der Waals surface area contributed by atoms with Gasteiger partial charge in [-0.3, -0.25) is 29.1 Å². The number of nitrogens with zero attached hydrogens (tertiary/aromatic N) is 4. The third-order valence-electron chi connectivity index (χ3n) is 11.4. The largest absolute Gasteiger partial charge is 0.459 e. The molecule has 11 nitrogen and oxygen atoms in total. The molecule has 2 N–H and O–H groups in total. The van der Waals surface area contributed by atoms with Gasteiger partial charge in [0.2, 0.25) is 0 Å². The van der Waals surface area contributed by atoms with Gasteiger partial charge in [-0.25, -0.2) is 0 Å². The van der Waals surface area contributed by atoms with E-state index in [4.69, 9.17) is 9.72 Å². The summed E-state index contributed by atoms with van der Waals surface area (Å²) in [5, 5.41) is 6.36. The average Bonchev–Trinajstić information content (AvgIpc) is 3.72. The zero-order valence-electron chi connectivity index (χ0n) is 34.3. The monoisotopic (exact) mass is 784 g/mol. The van der Waals surface area contributed by atoms with Crippen LogP contribution in [0.2, 0.25) is 0 Å². The number of anilines is 2. The molecule has 2 saturated heterocycles. The lowest BCUT2D eigenvalue weighted by Crippen LogP contribution is -2.44. The summed E-state index contributed by atoms with van der Waals surface area (Å²) >= 11 is 0. The smallest absolute Gasteiger partial charge is 0.323 e. The minimum atomic E-state index is -0.560. The standard InChI is InChI=1S/C47H56N6O5/c1-47(2,3)58-46(57)42-19-12-26-53(42)28-27-51(4)45(56)35-16-10-15-33(29-35)43(54)50-40-21-20-36(52-24-8-5-9-25-52)31-38(40)41-30-34(22-23-48-41)44(55)49-39-18-11-14-32-13-6-7-17-37(32)39/h6-7,10,13,15-17,20-23,29-31,39,42H,5,8-9,11-12,14,18-19,24-28H2,1-4H3,(H,49,55)(H,50,54)/t39-,42?/m0/s1.